The van der Waals surface area contributed by atoms with Crippen molar-refractivity contribution in [3.63, 3.8) is 0 Å². The molecule has 0 saturated carbocycles. The van der Waals surface area contributed by atoms with E-state index in [9.17, 15) is 0 Å². The van der Waals surface area contributed by atoms with Crippen LogP contribution >= 0.6 is 11.8 Å². The van der Waals surface area contributed by atoms with Gasteiger partial charge in [0.2, 0.25) is 0 Å². The van der Waals surface area contributed by atoms with Crippen LogP contribution in [0.15, 0.2) is 10.6 Å². The number of aromatic nitrogens is 1. The maximum atomic E-state index is 5.52. The maximum Gasteiger partial charge on any atom is 0.151 e. The zero-order chi connectivity index (χ0) is 12.3. The normalized spacial score (nSPS) is 21.4. The second-order valence-electron chi connectivity index (χ2n) is 5.12. The zero-order valence-corrected chi connectivity index (χ0v) is 11.4. The molecule has 2 N–H and O–H groups in total. The lowest BCUT2D eigenvalue weighted by molar-refractivity contribution is 0.239. The monoisotopic (exact) mass is 255 g/mol. The molecular formula is C12H21N3OS. The van der Waals surface area contributed by atoms with Crippen molar-refractivity contribution >= 4 is 11.8 Å². The highest BCUT2D eigenvalue weighted by molar-refractivity contribution is 8.00. The number of thioether (sulfide) groups is 1. The van der Waals surface area contributed by atoms with Gasteiger partial charge in [0.25, 0.3) is 0 Å². The Hall–Kier alpha value is -0.520. The second kappa shape index (κ2) is 5.42. The molecule has 0 bridgehead atoms. The molecule has 1 aliphatic heterocycles. The highest BCUT2D eigenvalue weighted by Gasteiger charge is 2.24. The third-order valence-electron chi connectivity index (χ3n) is 3.13. The minimum Gasteiger partial charge on any atom is -0.360 e. The third-order valence-corrected chi connectivity index (χ3v) is 4.50. The van der Waals surface area contributed by atoms with Crippen LogP contribution in [0.3, 0.4) is 0 Å². The molecule has 0 radical (unpaired) electrons. The van der Waals surface area contributed by atoms with Crippen molar-refractivity contribution in [1.82, 2.24) is 10.1 Å². The van der Waals surface area contributed by atoms with E-state index >= 15 is 0 Å². The molecule has 0 aromatic carbocycles. The van der Waals surface area contributed by atoms with Gasteiger partial charge in [0.15, 0.2) is 5.76 Å². The summed E-state index contributed by atoms with van der Waals surface area (Å²) in [5, 5.41) is 3.92. The molecule has 2 rings (SSSR count). The Balaban J connectivity index is 1.90. The van der Waals surface area contributed by atoms with Crippen LogP contribution in [-0.4, -0.2) is 33.6 Å². The van der Waals surface area contributed by atoms with E-state index in [1.54, 1.807) is 0 Å². The fourth-order valence-corrected chi connectivity index (χ4v) is 3.11. The van der Waals surface area contributed by atoms with E-state index in [4.69, 9.17) is 10.3 Å². The van der Waals surface area contributed by atoms with Gasteiger partial charge in [-0.15, -0.1) is 0 Å². The van der Waals surface area contributed by atoms with E-state index in [1.165, 1.54) is 12.2 Å². The fraction of sp³-hybridized carbons (Fsp3) is 0.750. The van der Waals surface area contributed by atoms with Crippen LogP contribution in [-0.2, 0) is 13.1 Å². The second-order valence-corrected chi connectivity index (χ2v) is 6.93. The van der Waals surface area contributed by atoms with E-state index in [0.717, 1.165) is 31.1 Å². The number of hydrogen-bond donors (Lipinski definition) is 1. The average molecular weight is 255 g/mol. The van der Waals surface area contributed by atoms with Crippen LogP contribution in [0.5, 0.6) is 0 Å². The molecule has 0 aliphatic carbocycles. The molecule has 1 aliphatic rings. The molecule has 0 spiro atoms. The van der Waals surface area contributed by atoms with Crippen molar-refractivity contribution in [2.24, 2.45) is 5.73 Å². The predicted molar refractivity (Wildman–Crippen MR) is 70.8 cm³/mol. The van der Waals surface area contributed by atoms with Gasteiger partial charge in [0, 0.05) is 29.7 Å². The van der Waals surface area contributed by atoms with Gasteiger partial charge in [0.05, 0.1) is 12.2 Å². The van der Waals surface area contributed by atoms with Crippen LogP contribution in [0, 0.1) is 0 Å². The van der Waals surface area contributed by atoms with Crippen LogP contribution < -0.4 is 5.73 Å². The molecule has 1 aromatic rings. The first-order chi connectivity index (χ1) is 8.09. The van der Waals surface area contributed by atoms with Crippen molar-refractivity contribution in [2.75, 3.05) is 18.8 Å². The topological polar surface area (TPSA) is 55.3 Å². The van der Waals surface area contributed by atoms with E-state index in [1.807, 2.05) is 6.07 Å². The first-order valence-electron chi connectivity index (χ1n) is 6.10. The SMILES string of the molecule is CC1(C)CCN(Cc2cc(CN)no2)CCS1. The summed E-state index contributed by atoms with van der Waals surface area (Å²) in [5.41, 5.74) is 6.35. The standard InChI is InChI=1S/C12H21N3OS/c1-12(2)3-4-15(5-6-17-12)9-11-7-10(8-13)14-16-11/h7H,3-6,8-9,13H2,1-2H3. The van der Waals surface area contributed by atoms with Crippen LogP contribution in [0.1, 0.15) is 31.7 Å². The summed E-state index contributed by atoms with van der Waals surface area (Å²) in [6, 6.07) is 1.96. The van der Waals surface area contributed by atoms with E-state index in [0.29, 0.717) is 11.3 Å². The Kier molecular flexibility index (Phi) is 4.12. The highest BCUT2D eigenvalue weighted by Crippen LogP contribution is 2.31. The highest BCUT2D eigenvalue weighted by atomic mass is 32.2. The number of rotatable bonds is 3. The molecule has 1 aromatic heterocycles. The number of nitrogens with zero attached hydrogens (tertiary/aromatic N) is 2. The number of nitrogens with two attached hydrogens (primary N) is 1. The Morgan fingerprint density at radius 2 is 2.35 bits per heavy atom. The minimum atomic E-state index is 0.401. The molecule has 96 valence electrons. The van der Waals surface area contributed by atoms with Gasteiger partial charge in [-0.2, -0.15) is 11.8 Å². The average Bonchev–Trinajstić information content (AvgIpc) is 2.66. The third kappa shape index (κ3) is 3.72. The van der Waals surface area contributed by atoms with Gasteiger partial charge in [-0.05, 0) is 13.0 Å². The quantitative estimate of drug-likeness (QED) is 0.893. The lowest BCUT2D eigenvalue weighted by Gasteiger charge is -2.21. The van der Waals surface area contributed by atoms with Gasteiger partial charge in [-0.1, -0.05) is 19.0 Å². The molecule has 0 atom stereocenters. The molecule has 4 nitrogen and oxygen atoms in total. The van der Waals surface area contributed by atoms with Crippen molar-refractivity contribution in [3.05, 3.63) is 17.5 Å². The van der Waals surface area contributed by atoms with E-state index in [2.05, 4.69) is 35.7 Å². The van der Waals surface area contributed by atoms with Crippen molar-refractivity contribution < 1.29 is 4.52 Å². The molecule has 5 heteroatoms. The summed E-state index contributed by atoms with van der Waals surface area (Å²) in [7, 11) is 0. The summed E-state index contributed by atoms with van der Waals surface area (Å²) in [6.45, 7) is 8.19. The van der Waals surface area contributed by atoms with Crippen molar-refractivity contribution in [3.8, 4) is 0 Å². The van der Waals surface area contributed by atoms with Gasteiger partial charge < -0.3 is 10.3 Å². The Labute approximate surface area is 107 Å². The molecule has 17 heavy (non-hydrogen) atoms. The van der Waals surface area contributed by atoms with Crippen LogP contribution in [0.25, 0.3) is 0 Å². The van der Waals surface area contributed by atoms with Gasteiger partial charge in [-0.3, -0.25) is 4.90 Å². The first-order valence-corrected chi connectivity index (χ1v) is 7.08. The van der Waals surface area contributed by atoms with Crippen molar-refractivity contribution in [1.29, 1.82) is 0 Å². The minimum absolute atomic E-state index is 0.401. The van der Waals surface area contributed by atoms with Crippen LogP contribution in [0.4, 0.5) is 0 Å². The molecule has 0 unspecified atom stereocenters. The van der Waals surface area contributed by atoms with E-state index in [-0.39, 0.29) is 0 Å². The van der Waals surface area contributed by atoms with E-state index < -0.39 is 0 Å². The maximum absolute atomic E-state index is 5.52. The molecule has 2 heterocycles. The summed E-state index contributed by atoms with van der Waals surface area (Å²) in [5.74, 6) is 2.11. The molecule has 0 amide bonds. The number of hydrogen-bond acceptors (Lipinski definition) is 5. The van der Waals surface area contributed by atoms with Gasteiger partial charge >= 0.3 is 0 Å². The largest absolute Gasteiger partial charge is 0.360 e. The summed E-state index contributed by atoms with van der Waals surface area (Å²) < 4.78 is 5.67. The lowest BCUT2D eigenvalue weighted by atomic mass is 10.1. The molecule has 1 saturated heterocycles. The lowest BCUT2D eigenvalue weighted by Crippen LogP contribution is -2.26. The van der Waals surface area contributed by atoms with Crippen LogP contribution in [0.2, 0.25) is 0 Å². The Morgan fingerprint density at radius 1 is 1.53 bits per heavy atom. The van der Waals surface area contributed by atoms with Gasteiger partial charge in [0.1, 0.15) is 0 Å². The molecular weight excluding hydrogens is 234 g/mol. The predicted octanol–water partition coefficient (Wildman–Crippen LogP) is 1.85. The molecule has 1 fully saturated rings. The van der Waals surface area contributed by atoms with Gasteiger partial charge in [-0.25, -0.2) is 0 Å². The fourth-order valence-electron chi connectivity index (χ4n) is 1.97. The summed E-state index contributed by atoms with van der Waals surface area (Å²) >= 11 is 2.06. The smallest absolute Gasteiger partial charge is 0.151 e. The zero-order valence-electron chi connectivity index (χ0n) is 10.6. The summed E-state index contributed by atoms with van der Waals surface area (Å²) in [6.07, 6.45) is 1.22. The Morgan fingerprint density at radius 3 is 3.06 bits per heavy atom. The first kappa shape index (κ1) is 12.9. The summed E-state index contributed by atoms with van der Waals surface area (Å²) in [4.78, 5) is 2.43. The van der Waals surface area contributed by atoms with Crippen molar-refractivity contribution in [2.45, 2.75) is 38.1 Å². The Bertz CT molecular complexity index is 364.